The molecule has 2 N–H and O–H groups in total. The van der Waals surface area contributed by atoms with E-state index in [1.807, 2.05) is 32.0 Å². The van der Waals surface area contributed by atoms with Crippen LogP contribution in [0.25, 0.3) is 0 Å². The average Bonchev–Trinajstić information content (AvgIpc) is 3.15. The first-order valence-corrected chi connectivity index (χ1v) is 9.48. The summed E-state index contributed by atoms with van der Waals surface area (Å²) < 4.78 is 5.65. The summed E-state index contributed by atoms with van der Waals surface area (Å²) in [4.78, 5) is 13.7. The third kappa shape index (κ3) is 5.33. The maximum Gasteiger partial charge on any atom is 0.258 e. The summed E-state index contributed by atoms with van der Waals surface area (Å²) in [6.45, 7) is 8.26. The molecule has 2 aromatic rings. The molecule has 1 fully saturated rings. The molecule has 0 unspecified atom stereocenters. The second kappa shape index (κ2) is 8.86. The maximum atomic E-state index is 12.0. The first-order valence-electron chi connectivity index (χ1n) is 9.48. The molecule has 1 saturated heterocycles. The molecule has 0 aromatic heterocycles. The average molecular weight is 353 g/mol. The van der Waals surface area contributed by atoms with Crippen molar-refractivity contribution in [1.82, 2.24) is 5.32 Å². The van der Waals surface area contributed by atoms with E-state index in [0.29, 0.717) is 6.54 Å². The molecule has 1 heterocycles. The number of carbonyl (C=O) groups excluding carboxylic acids is 1. The van der Waals surface area contributed by atoms with Gasteiger partial charge >= 0.3 is 0 Å². The normalized spacial score (nSPS) is 14.4. The van der Waals surface area contributed by atoms with Gasteiger partial charge in [0.05, 0.1) is 13.1 Å². The van der Waals surface area contributed by atoms with Gasteiger partial charge in [0.1, 0.15) is 12.3 Å². The summed E-state index contributed by atoms with van der Waals surface area (Å²) in [6.07, 6.45) is 2.70. The molecule has 0 aliphatic carbocycles. The van der Waals surface area contributed by atoms with E-state index in [4.69, 9.17) is 4.74 Å². The van der Waals surface area contributed by atoms with Crippen LogP contribution in [0.5, 0.6) is 5.75 Å². The van der Waals surface area contributed by atoms with Crippen LogP contribution in [0, 0.1) is 13.8 Å². The molecule has 2 aromatic carbocycles. The number of quaternary nitrogens is 1. The molecule has 4 nitrogen and oxygen atoms in total. The van der Waals surface area contributed by atoms with Gasteiger partial charge in [-0.1, -0.05) is 36.4 Å². The Hall–Kier alpha value is -2.33. The lowest BCUT2D eigenvalue weighted by molar-refractivity contribution is -0.901. The highest BCUT2D eigenvalue weighted by Gasteiger charge is 2.15. The predicted molar refractivity (Wildman–Crippen MR) is 103 cm³/mol. The van der Waals surface area contributed by atoms with Gasteiger partial charge in [0.25, 0.3) is 5.91 Å². The van der Waals surface area contributed by atoms with Crippen molar-refractivity contribution in [2.45, 2.75) is 39.8 Å². The van der Waals surface area contributed by atoms with Crippen LogP contribution in [0.4, 0.5) is 0 Å². The zero-order valence-electron chi connectivity index (χ0n) is 15.8. The van der Waals surface area contributed by atoms with Gasteiger partial charge in [-0.2, -0.15) is 0 Å². The summed E-state index contributed by atoms with van der Waals surface area (Å²) >= 11 is 0. The van der Waals surface area contributed by atoms with Gasteiger partial charge in [-0.05, 0) is 36.6 Å². The predicted octanol–water partition coefficient (Wildman–Crippen LogP) is 2.18. The molecule has 0 saturated carbocycles. The minimum absolute atomic E-state index is 0.0424. The van der Waals surface area contributed by atoms with Crippen molar-refractivity contribution < 1.29 is 14.4 Å². The van der Waals surface area contributed by atoms with E-state index in [1.165, 1.54) is 31.5 Å². The molecule has 1 aliphatic rings. The zero-order chi connectivity index (χ0) is 18.4. The number of likely N-dealkylation sites (tertiary alicyclic amines) is 1. The molecule has 0 spiro atoms. The monoisotopic (exact) mass is 353 g/mol. The standard InChI is InChI=1S/C22H28N2O2/c1-17-5-6-18(2)21(13-17)26-16-22(25)23-14-19-7-9-20(10-8-19)15-24-11-3-4-12-24/h5-10,13H,3-4,11-12,14-16H2,1-2H3,(H,23,25)/p+1. The van der Waals surface area contributed by atoms with E-state index >= 15 is 0 Å². The first kappa shape index (κ1) is 18.5. The maximum absolute atomic E-state index is 12.0. The van der Waals surface area contributed by atoms with E-state index in [2.05, 4.69) is 29.6 Å². The highest BCUT2D eigenvalue weighted by Crippen LogP contribution is 2.18. The number of rotatable bonds is 7. The summed E-state index contributed by atoms with van der Waals surface area (Å²) in [7, 11) is 0. The number of ether oxygens (including phenoxy) is 1. The molecule has 1 amide bonds. The first-order chi connectivity index (χ1) is 12.6. The highest BCUT2D eigenvalue weighted by molar-refractivity contribution is 5.77. The molecular weight excluding hydrogens is 324 g/mol. The second-order valence-electron chi connectivity index (χ2n) is 7.28. The minimum atomic E-state index is -0.100. The van der Waals surface area contributed by atoms with E-state index < -0.39 is 0 Å². The van der Waals surface area contributed by atoms with E-state index in [9.17, 15) is 4.79 Å². The van der Waals surface area contributed by atoms with Gasteiger partial charge in [-0.3, -0.25) is 4.79 Å². The molecule has 4 heteroatoms. The SMILES string of the molecule is Cc1ccc(C)c(OCC(=O)NCc2ccc(C[NH+]3CCCC3)cc2)c1. The number of amides is 1. The minimum Gasteiger partial charge on any atom is -0.483 e. The second-order valence-corrected chi connectivity index (χ2v) is 7.28. The van der Waals surface area contributed by atoms with Crippen molar-refractivity contribution in [3.63, 3.8) is 0 Å². The Balaban J connectivity index is 1.43. The van der Waals surface area contributed by atoms with Crippen LogP contribution in [-0.4, -0.2) is 25.6 Å². The topological polar surface area (TPSA) is 42.8 Å². The number of carbonyl (C=O) groups is 1. The fourth-order valence-corrected chi connectivity index (χ4v) is 3.37. The van der Waals surface area contributed by atoms with Crippen molar-refractivity contribution in [3.05, 3.63) is 64.7 Å². The Kier molecular flexibility index (Phi) is 6.29. The number of hydrogen-bond donors (Lipinski definition) is 2. The van der Waals surface area contributed by atoms with E-state index in [1.54, 1.807) is 4.90 Å². The van der Waals surface area contributed by atoms with Crippen LogP contribution in [0.3, 0.4) is 0 Å². The molecule has 26 heavy (non-hydrogen) atoms. The van der Waals surface area contributed by atoms with Gasteiger partial charge in [0.15, 0.2) is 6.61 Å². The lowest BCUT2D eigenvalue weighted by Gasteiger charge is -2.13. The zero-order valence-corrected chi connectivity index (χ0v) is 15.8. The third-order valence-corrected chi connectivity index (χ3v) is 4.98. The van der Waals surface area contributed by atoms with Crippen molar-refractivity contribution >= 4 is 5.91 Å². The molecule has 0 radical (unpaired) electrons. The van der Waals surface area contributed by atoms with Crippen LogP contribution in [0.2, 0.25) is 0 Å². The molecule has 1 aliphatic heterocycles. The number of aryl methyl sites for hydroxylation is 2. The van der Waals surface area contributed by atoms with Crippen LogP contribution < -0.4 is 15.0 Å². The van der Waals surface area contributed by atoms with Crippen molar-refractivity contribution in [2.24, 2.45) is 0 Å². The molecule has 3 rings (SSSR count). The summed E-state index contributed by atoms with van der Waals surface area (Å²) in [5, 5.41) is 2.93. The van der Waals surface area contributed by atoms with Crippen LogP contribution in [0.1, 0.15) is 35.1 Å². The van der Waals surface area contributed by atoms with Gasteiger partial charge < -0.3 is 15.0 Å². The van der Waals surface area contributed by atoms with Crippen molar-refractivity contribution in [3.8, 4) is 5.75 Å². The van der Waals surface area contributed by atoms with Crippen molar-refractivity contribution in [2.75, 3.05) is 19.7 Å². The Morgan fingerprint density at radius 3 is 2.46 bits per heavy atom. The molecule has 0 bridgehead atoms. The quantitative estimate of drug-likeness (QED) is 0.801. The molecule has 0 atom stereocenters. The lowest BCUT2D eigenvalue weighted by Crippen LogP contribution is -3.08. The lowest BCUT2D eigenvalue weighted by atomic mass is 10.1. The Labute approximate surface area is 156 Å². The number of nitrogens with one attached hydrogen (secondary N) is 2. The molecular formula is C22H29N2O2+. The largest absolute Gasteiger partial charge is 0.483 e. The highest BCUT2D eigenvalue weighted by atomic mass is 16.5. The van der Waals surface area contributed by atoms with Crippen molar-refractivity contribution in [1.29, 1.82) is 0 Å². The van der Waals surface area contributed by atoms with Gasteiger partial charge in [-0.15, -0.1) is 0 Å². The van der Waals surface area contributed by atoms with E-state index in [-0.39, 0.29) is 12.5 Å². The fraction of sp³-hybridized carbons (Fsp3) is 0.409. The number of hydrogen-bond acceptors (Lipinski definition) is 2. The Morgan fingerprint density at radius 2 is 1.73 bits per heavy atom. The summed E-state index contributed by atoms with van der Waals surface area (Å²) in [6, 6.07) is 14.6. The van der Waals surface area contributed by atoms with E-state index in [0.717, 1.165) is 29.0 Å². The smallest absolute Gasteiger partial charge is 0.258 e. The summed E-state index contributed by atoms with van der Waals surface area (Å²) in [5.41, 5.74) is 4.65. The van der Waals surface area contributed by atoms with Crippen LogP contribution in [-0.2, 0) is 17.9 Å². The van der Waals surface area contributed by atoms with Gasteiger partial charge in [0.2, 0.25) is 0 Å². The number of benzene rings is 2. The summed E-state index contributed by atoms with van der Waals surface area (Å²) in [5.74, 6) is 0.672. The Bertz CT molecular complexity index is 734. The molecule has 138 valence electrons. The third-order valence-electron chi connectivity index (χ3n) is 4.98. The van der Waals surface area contributed by atoms with Gasteiger partial charge in [0, 0.05) is 24.9 Å². The Morgan fingerprint density at radius 1 is 1.04 bits per heavy atom. The van der Waals surface area contributed by atoms with Crippen LogP contribution in [0.15, 0.2) is 42.5 Å². The van der Waals surface area contributed by atoms with Gasteiger partial charge in [-0.25, -0.2) is 0 Å². The van der Waals surface area contributed by atoms with Crippen LogP contribution >= 0.6 is 0 Å². The fourth-order valence-electron chi connectivity index (χ4n) is 3.37.